The number of carbonyl (C=O) groups is 1. The summed E-state index contributed by atoms with van der Waals surface area (Å²) in [5, 5.41) is 10.4. The highest BCUT2D eigenvalue weighted by atomic mass is 35.5. The largest absolute Gasteiger partial charge is 0.346 e. The number of benzene rings is 1. The third-order valence-corrected chi connectivity index (χ3v) is 3.90. The molecule has 110 valence electrons. The van der Waals surface area contributed by atoms with Crippen molar-refractivity contribution < 1.29 is 4.79 Å². The number of aromatic amines is 1. The summed E-state index contributed by atoms with van der Waals surface area (Å²) >= 11 is 6.12. The number of nitrogens with zero attached hydrogens (tertiary/aromatic N) is 2. The molecule has 2 N–H and O–H groups in total. The number of H-pyrrole nitrogens is 1. The Morgan fingerprint density at radius 1 is 1.48 bits per heavy atom. The fourth-order valence-corrected chi connectivity index (χ4v) is 2.46. The Hall–Kier alpha value is -1.88. The number of rotatable bonds is 5. The van der Waals surface area contributed by atoms with Gasteiger partial charge in [0, 0.05) is 17.0 Å². The second-order valence-electron chi connectivity index (χ2n) is 5.49. The van der Waals surface area contributed by atoms with E-state index in [1.54, 1.807) is 0 Å². The number of nitrogens with one attached hydrogen (secondary N) is 2. The smallest absolute Gasteiger partial charge is 0.291 e. The Balaban J connectivity index is 1.59. The zero-order valence-corrected chi connectivity index (χ0v) is 12.5. The summed E-state index contributed by atoms with van der Waals surface area (Å²) in [5.74, 6) is 1.24. The molecule has 0 aliphatic heterocycles. The van der Waals surface area contributed by atoms with Crippen molar-refractivity contribution >= 4 is 17.5 Å². The van der Waals surface area contributed by atoms with Crippen LogP contribution in [0.5, 0.6) is 0 Å². The zero-order chi connectivity index (χ0) is 14.8. The van der Waals surface area contributed by atoms with Gasteiger partial charge in [-0.05, 0) is 37.8 Å². The topological polar surface area (TPSA) is 70.7 Å². The Morgan fingerprint density at radius 3 is 2.95 bits per heavy atom. The van der Waals surface area contributed by atoms with Crippen molar-refractivity contribution in [1.29, 1.82) is 0 Å². The summed E-state index contributed by atoms with van der Waals surface area (Å²) in [6, 6.07) is 7.60. The summed E-state index contributed by atoms with van der Waals surface area (Å²) < 4.78 is 0. The standard InChI is InChI=1S/C15H17ClN4O/c1-9(8-11-4-2-3-5-12(11)16)17-15(21)14-18-13(19-20-14)10-6-7-10/h2-5,9-10H,6-8H2,1H3,(H,17,21)(H,18,19,20). The van der Waals surface area contributed by atoms with E-state index in [0.717, 1.165) is 24.2 Å². The van der Waals surface area contributed by atoms with Crippen LogP contribution in [0.3, 0.4) is 0 Å². The van der Waals surface area contributed by atoms with Gasteiger partial charge < -0.3 is 5.32 Å². The van der Waals surface area contributed by atoms with Crippen molar-refractivity contribution in [1.82, 2.24) is 20.5 Å². The fourth-order valence-electron chi connectivity index (χ4n) is 2.25. The van der Waals surface area contributed by atoms with Gasteiger partial charge in [0.15, 0.2) is 0 Å². The summed E-state index contributed by atoms with van der Waals surface area (Å²) in [6.45, 7) is 1.94. The molecule has 1 aromatic carbocycles. The monoisotopic (exact) mass is 304 g/mol. The van der Waals surface area contributed by atoms with E-state index in [9.17, 15) is 4.79 Å². The molecule has 1 unspecified atom stereocenters. The first-order valence-corrected chi connectivity index (χ1v) is 7.48. The molecule has 1 heterocycles. The molecule has 0 bridgehead atoms. The van der Waals surface area contributed by atoms with Crippen LogP contribution in [0, 0.1) is 0 Å². The van der Waals surface area contributed by atoms with Crippen LogP contribution >= 0.6 is 11.6 Å². The highest BCUT2D eigenvalue weighted by molar-refractivity contribution is 6.31. The lowest BCUT2D eigenvalue weighted by atomic mass is 10.1. The van der Waals surface area contributed by atoms with Gasteiger partial charge in [-0.2, -0.15) is 0 Å². The van der Waals surface area contributed by atoms with Crippen molar-refractivity contribution in [2.75, 3.05) is 0 Å². The first kappa shape index (κ1) is 14.1. The molecule has 1 aliphatic carbocycles. The molecule has 2 aromatic rings. The van der Waals surface area contributed by atoms with Gasteiger partial charge in [-0.3, -0.25) is 9.89 Å². The number of amides is 1. The minimum atomic E-state index is -0.252. The van der Waals surface area contributed by atoms with E-state index in [1.807, 2.05) is 31.2 Å². The molecular formula is C15H17ClN4O. The molecule has 3 rings (SSSR count). The highest BCUT2D eigenvalue weighted by Crippen LogP contribution is 2.37. The third kappa shape index (κ3) is 3.42. The zero-order valence-electron chi connectivity index (χ0n) is 11.8. The minimum absolute atomic E-state index is 0.0414. The molecule has 0 spiro atoms. The van der Waals surface area contributed by atoms with Gasteiger partial charge >= 0.3 is 0 Å². The molecule has 5 nitrogen and oxygen atoms in total. The number of hydrogen-bond donors (Lipinski definition) is 2. The van der Waals surface area contributed by atoms with Crippen LogP contribution in [-0.2, 0) is 6.42 Å². The van der Waals surface area contributed by atoms with Crippen LogP contribution in [-0.4, -0.2) is 27.1 Å². The van der Waals surface area contributed by atoms with Crippen LogP contribution < -0.4 is 5.32 Å². The summed E-state index contributed by atoms with van der Waals surface area (Å²) in [7, 11) is 0. The quantitative estimate of drug-likeness (QED) is 0.892. The Labute approximate surface area is 128 Å². The fraction of sp³-hybridized carbons (Fsp3) is 0.400. The number of hydrogen-bond acceptors (Lipinski definition) is 3. The summed E-state index contributed by atoms with van der Waals surface area (Å²) in [5.41, 5.74) is 1.01. The third-order valence-electron chi connectivity index (χ3n) is 3.53. The Morgan fingerprint density at radius 2 is 2.24 bits per heavy atom. The Bertz CT molecular complexity index is 651. The highest BCUT2D eigenvalue weighted by Gasteiger charge is 2.28. The van der Waals surface area contributed by atoms with Gasteiger partial charge in [-0.25, -0.2) is 4.98 Å². The van der Waals surface area contributed by atoms with Crippen molar-refractivity contribution in [3.63, 3.8) is 0 Å². The van der Waals surface area contributed by atoms with E-state index < -0.39 is 0 Å². The van der Waals surface area contributed by atoms with Crippen LogP contribution in [0.25, 0.3) is 0 Å². The van der Waals surface area contributed by atoms with E-state index in [4.69, 9.17) is 11.6 Å². The van der Waals surface area contributed by atoms with Crippen molar-refractivity contribution in [2.24, 2.45) is 0 Å². The molecule has 1 fully saturated rings. The molecule has 1 aromatic heterocycles. The van der Waals surface area contributed by atoms with E-state index in [1.165, 1.54) is 0 Å². The lowest BCUT2D eigenvalue weighted by Gasteiger charge is -2.13. The minimum Gasteiger partial charge on any atom is -0.346 e. The van der Waals surface area contributed by atoms with Gasteiger partial charge in [0.05, 0.1) is 0 Å². The second kappa shape index (κ2) is 5.85. The molecular weight excluding hydrogens is 288 g/mol. The average molecular weight is 305 g/mol. The van der Waals surface area contributed by atoms with Crippen LogP contribution in [0.4, 0.5) is 0 Å². The van der Waals surface area contributed by atoms with Crippen LogP contribution in [0.2, 0.25) is 5.02 Å². The SMILES string of the molecule is CC(Cc1ccccc1Cl)NC(=O)c1n[nH]c(C2CC2)n1. The number of aromatic nitrogens is 3. The summed E-state index contributed by atoms with van der Waals surface area (Å²) in [4.78, 5) is 16.3. The number of halogens is 1. The normalized spacial score (nSPS) is 15.7. The molecule has 6 heteroatoms. The van der Waals surface area contributed by atoms with Crippen LogP contribution in [0.1, 0.15) is 47.7 Å². The Kier molecular flexibility index (Phi) is 3.92. The van der Waals surface area contributed by atoms with Crippen molar-refractivity contribution in [3.05, 3.63) is 46.5 Å². The molecule has 0 saturated heterocycles. The maximum Gasteiger partial charge on any atom is 0.291 e. The summed E-state index contributed by atoms with van der Waals surface area (Å²) in [6.07, 6.45) is 2.92. The molecule has 1 aliphatic rings. The predicted octanol–water partition coefficient (Wildman–Crippen LogP) is 2.70. The van der Waals surface area contributed by atoms with Crippen molar-refractivity contribution in [2.45, 2.75) is 38.1 Å². The average Bonchev–Trinajstić information content (AvgIpc) is 3.18. The van der Waals surface area contributed by atoms with Gasteiger partial charge in [-0.15, -0.1) is 5.10 Å². The lowest BCUT2D eigenvalue weighted by Crippen LogP contribution is -2.34. The van der Waals surface area contributed by atoms with E-state index in [0.29, 0.717) is 17.4 Å². The van der Waals surface area contributed by atoms with Crippen molar-refractivity contribution in [3.8, 4) is 0 Å². The van der Waals surface area contributed by atoms with Crippen LogP contribution in [0.15, 0.2) is 24.3 Å². The lowest BCUT2D eigenvalue weighted by molar-refractivity contribution is 0.0930. The first-order valence-electron chi connectivity index (χ1n) is 7.10. The predicted molar refractivity (Wildman–Crippen MR) is 80.4 cm³/mol. The van der Waals surface area contributed by atoms with Gasteiger partial charge in [0.1, 0.15) is 5.82 Å². The van der Waals surface area contributed by atoms with E-state index in [-0.39, 0.29) is 17.8 Å². The second-order valence-corrected chi connectivity index (χ2v) is 5.90. The molecule has 21 heavy (non-hydrogen) atoms. The number of carbonyl (C=O) groups excluding carboxylic acids is 1. The molecule has 0 radical (unpaired) electrons. The van der Waals surface area contributed by atoms with Gasteiger partial charge in [0.25, 0.3) is 5.91 Å². The molecule has 1 atom stereocenters. The maximum absolute atomic E-state index is 12.1. The van der Waals surface area contributed by atoms with Gasteiger partial charge in [-0.1, -0.05) is 29.8 Å². The molecule has 1 amide bonds. The maximum atomic E-state index is 12.1. The first-order chi connectivity index (χ1) is 10.1. The van der Waals surface area contributed by atoms with E-state index in [2.05, 4.69) is 20.5 Å². The van der Waals surface area contributed by atoms with Gasteiger partial charge in [0.2, 0.25) is 5.82 Å². The molecule has 1 saturated carbocycles. The van der Waals surface area contributed by atoms with E-state index >= 15 is 0 Å².